The molecule has 10 heteroatoms. The fourth-order valence-electron chi connectivity index (χ4n) is 3.25. The zero-order valence-corrected chi connectivity index (χ0v) is 16.2. The number of hydrogen-bond acceptors (Lipinski definition) is 4. The maximum Gasteiger partial charge on any atom is 0.270 e. The number of nitrogens with one attached hydrogen (secondary N) is 3. The third-order valence-corrected chi connectivity index (χ3v) is 4.91. The smallest absolute Gasteiger partial charge is 0.270 e. The first-order chi connectivity index (χ1) is 15.4. The van der Waals surface area contributed by atoms with Gasteiger partial charge in [0.25, 0.3) is 11.8 Å². The Hall–Kier alpha value is -4.18. The molecule has 0 fully saturated rings. The summed E-state index contributed by atoms with van der Waals surface area (Å²) in [7, 11) is 0. The van der Waals surface area contributed by atoms with Crippen LogP contribution in [0, 0.1) is 17.5 Å². The van der Waals surface area contributed by atoms with E-state index in [4.69, 9.17) is 5.21 Å². The van der Waals surface area contributed by atoms with Gasteiger partial charge in [-0.1, -0.05) is 24.3 Å². The van der Waals surface area contributed by atoms with Gasteiger partial charge in [0.1, 0.15) is 6.04 Å². The minimum atomic E-state index is -1.57. The summed E-state index contributed by atoms with van der Waals surface area (Å²) in [5.41, 5.74) is 3.24. The summed E-state index contributed by atoms with van der Waals surface area (Å²) in [4.78, 5) is 24.9. The Balaban J connectivity index is 1.60. The van der Waals surface area contributed by atoms with Gasteiger partial charge in [0.15, 0.2) is 17.5 Å². The van der Waals surface area contributed by atoms with Gasteiger partial charge in [-0.3, -0.25) is 19.9 Å². The van der Waals surface area contributed by atoms with E-state index in [1.807, 2.05) is 0 Å². The van der Waals surface area contributed by atoms with E-state index in [9.17, 15) is 22.8 Å². The molecule has 3 aromatic carbocycles. The lowest BCUT2D eigenvalue weighted by Crippen LogP contribution is -2.39. The van der Waals surface area contributed by atoms with E-state index < -0.39 is 35.3 Å². The Morgan fingerprint density at radius 1 is 0.938 bits per heavy atom. The van der Waals surface area contributed by atoms with E-state index in [1.54, 1.807) is 24.4 Å². The molecule has 7 nitrogen and oxygen atoms in total. The summed E-state index contributed by atoms with van der Waals surface area (Å²) < 4.78 is 40.2. The lowest BCUT2D eigenvalue weighted by atomic mass is 9.99. The highest BCUT2D eigenvalue weighted by Gasteiger charge is 2.23. The second-order valence-corrected chi connectivity index (χ2v) is 6.93. The van der Waals surface area contributed by atoms with Crippen LogP contribution >= 0.6 is 0 Å². The lowest BCUT2D eigenvalue weighted by Gasteiger charge is -2.18. The lowest BCUT2D eigenvalue weighted by molar-refractivity contribution is -0.131. The fourth-order valence-corrected chi connectivity index (χ4v) is 3.25. The average Bonchev–Trinajstić information content (AvgIpc) is 3.28. The van der Waals surface area contributed by atoms with Gasteiger partial charge in [-0.05, 0) is 47.0 Å². The SMILES string of the molecule is O=C(NC(C(=O)NO)c1ccc(-c2cc(F)c(F)c(F)c2)cc1)c1ccc2[nH]ncc2c1. The maximum atomic E-state index is 13.5. The number of halogens is 3. The van der Waals surface area contributed by atoms with Crippen molar-refractivity contribution in [2.75, 3.05) is 0 Å². The van der Waals surface area contributed by atoms with Gasteiger partial charge in [-0.25, -0.2) is 18.7 Å². The molecule has 1 atom stereocenters. The monoisotopic (exact) mass is 440 g/mol. The molecule has 0 aliphatic heterocycles. The maximum absolute atomic E-state index is 13.5. The standard InChI is InChI=1S/C22H15F3N4O3/c23-16-8-14(9-17(24)19(16)25)11-1-3-12(4-2-11)20(22(31)29-32)27-21(30)13-5-6-18-15(7-13)10-26-28-18/h1-10,20,32H,(H,26,28)(H,27,30)(H,29,31). The number of aromatic nitrogens is 2. The van der Waals surface area contributed by atoms with Gasteiger partial charge in [-0.15, -0.1) is 0 Å². The molecule has 2 amide bonds. The van der Waals surface area contributed by atoms with Crippen molar-refractivity contribution in [2.24, 2.45) is 0 Å². The number of carbonyl (C=O) groups excluding carboxylic acids is 2. The predicted octanol–water partition coefficient (Wildman–Crippen LogP) is 3.62. The zero-order valence-electron chi connectivity index (χ0n) is 16.2. The average molecular weight is 440 g/mol. The minimum Gasteiger partial charge on any atom is -0.336 e. The van der Waals surface area contributed by atoms with Crippen molar-refractivity contribution >= 4 is 22.7 Å². The van der Waals surface area contributed by atoms with E-state index in [2.05, 4.69) is 15.5 Å². The quantitative estimate of drug-likeness (QED) is 0.216. The number of aromatic amines is 1. The van der Waals surface area contributed by atoms with E-state index in [0.29, 0.717) is 16.5 Å². The van der Waals surface area contributed by atoms with E-state index in [-0.39, 0.29) is 11.1 Å². The van der Waals surface area contributed by atoms with Crippen LogP contribution in [0.15, 0.2) is 60.8 Å². The Labute approximate surface area is 178 Å². The Kier molecular flexibility index (Phi) is 5.61. The molecular formula is C22H15F3N4O3. The summed E-state index contributed by atoms with van der Waals surface area (Å²) in [6.45, 7) is 0. The molecule has 0 spiro atoms. The minimum absolute atomic E-state index is 0.0913. The fraction of sp³-hybridized carbons (Fsp3) is 0.0455. The molecule has 0 aliphatic carbocycles. The van der Waals surface area contributed by atoms with Crippen molar-refractivity contribution in [1.82, 2.24) is 21.0 Å². The van der Waals surface area contributed by atoms with Gasteiger partial charge in [-0.2, -0.15) is 5.10 Å². The normalized spacial score (nSPS) is 11.9. The van der Waals surface area contributed by atoms with Crippen molar-refractivity contribution in [3.05, 3.63) is 89.4 Å². The van der Waals surface area contributed by atoms with Crippen LogP contribution in [0.25, 0.3) is 22.0 Å². The third-order valence-electron chi connectivity index (χ3n) is 4.91. The molecule has 1 heterocycles. The number of nitrogens with zero attached hydrogens (tertiary/aromatic N) is 1. The zero-order chi connectivity index (χ0) is 22.8. The van der Waals surface area contributed by atoms with Gasteiger partial charge >= 0.3 is 0 Å². The molecule has 32 heavy (non-hydrogen) atoms. The number of carbonyl (C=O) groups is 2. The molecule has 4 aromatic rings. The van der Waals surface area contributed by atoms with Crippen LogP contribution in [-0.4, -0.2) is 27.2 Å². The summed E-state index contributed by atoms with van der Waals surface area (Å²) in [5.74, 6) is -5.70. The van der Waals surface area contributed by atoms with Crippen LogP contribution in [0.3, 0.4) is 0 Å². The van der Waals surface area contributed by atoms with Crippen LogP contribution in [0.2, 0.25) is 0 Å². The first-order valence-corrected chi connectivity index (χ1v) is 9.30. The van der Waals surface area contributed by atoms with Crippen LogP contribution in [0.1, 0.15) is 22.0 Å². The summed E-state index contributed by atoms with van der Waals surface area (Å²) in [5, 5.41) is 19.0. The Morgan fingerprint density at radius 2 is 1.62 bits per heavy atom. The predicted molar refractivity (Wildman–Crippen MR) is 108 cm³/mol. The van der Waals surface area contributed by atoms with Gasteiger partial charge in [0.05, 0.1) is 11.7 Å². The van der Waals surface area contributed by atoms with Crippen molar-refractivity contribution in [3.63, 3.8) is 0 Å². The van der Waals surface area contributed by atoms with Crippen LogP contribution in [-0.2, 0) is 4.79 Å². The molecule has 4 rings (SSSR count). The second kappa shape index (κ2) is 8.52. The number of rotatable bonds is 5. The second-order valence-electron chi connectivity index (χ2n) is 6.93. The summed E-state index contributed by atoms with van der Waals surface area (Å²) >= 11 is 0. The first-order valence-electron chi connectivity index (χ1n) is 9.30. The van der Waals surface area contributed by atoms with Gasteiger partial charge < -0.3 is 5.32 Å². The molecule has 1 aromatic heterocycles. The Morgan fingerprint density at radius 3 is 2.28 bits per heavy atom. The molecule has 4 N–H and O–H groups in total. The van der Waals surface area contributed by atoms with E-state index in [1.165, 1.54) is 29.7 Å². The molecular weight excluding hydrogens is 425 g/mol. The molecule has 0 radical (unpaired) electrons. The Bertz CT molecular complexity index is 1300. The molecule has 0 saturated heterocycles. The highest BCUT2D eigenvalue weighted by atomic mass is 19.2. The van der Waals surface area contributed by atoms with Crippen molar-refractivity contribution in [3.8, 4) is 11.1 Å². The first kappa shape index (κ1) is 21.1. The molecule has 0 aliphatic rings. The largest absolute Gasteiger partial charge is 0.336 e. The molecule has 1 unspecified atom stereocenters. The van der Waals surface area contributed by atoms with Crippen LogP contribution in [0.4, 0.5) is 13.2 Å². The molecule has 162 valence electrons. The highest BCUT2D eigenvalue weighted by molar-refractivity contribution is 6.00. The van der Waals surface area contributed by atoms with Gasteiger partial charge in [0, 0.05) is 10.9 Å². The van der Waals surface area contributed by atoms with Crippen LogP contribution < -0.4 is 10.8 Å². The molecule has 0 bridgehead atoms. The topological polar surface area (TPSA) is 107 Å². The number of hydrogen-bond donors (Lipinski definition) is 4. The van der Waals surface area contributed by atoms with E-state index >= 15 is 0 Å². The molecule has 0 saturated carbocycles. The van der Waals surface area contributed by atoms with Gasteiger partial charge in [0.2, 0.25) is 0 Å². The number of H-pyrrole nitrogens is 1. The highest BCUT2D eigenvalue weighted by Crippen LogP contribution is 2.26. The third kappa shape index (κ3) is 4.03. The van der Waals surface area contributed by atoms with Crippen molar-refractivity contribution < 1.29 is 28.0 Å². The summed E-state index contributed by atoms with van der Waals surface area (Å²) in [6.07, 6.45) is 1.55. The van der Waals surface area contributed by atoms with Crippen LogP contribution in [0.5, 0.6) is 0 Å². The van der Waals surface area contributed by atoms with Crippen molar-refractivity contribution in [2.45, 2.75) is 6.04 Å². The number of fused-ring (bicyclic) bond motifs is 1. The number of hydroxylamine groups is 1. The number of benzene rings is 3. The number of amides is 2. The van der Waals surface area contributed by atoms with Crippen molar-refractivity contribution in [1.29, 1.82) is 0 Å². The van der Waals surface area contributed by atoms with E-state index in [0.717, 1.165) is 17.6 Å². The summed E-state index contributed by atoms with van der Waals surface area (Å²) in [6, 6.07) is 11.0.